The predicted octanol–water partition coefficient (Wildman–Crippen LogP) is 4.77. The molecule has 2 aromatic rings. The van der Waals surface area contributed by atoms with Gasteiger partial charge in [0.2, 0.25) is 0 Å². The van der Waals surface area contributed by atoms with Crippen LogP contribution in [0.1, 0.15) is 36.8 Å². The van der Waals surface area contributed by atoms with Crippen LogP contribution in [-0.4, -0.2) is 10.9 Å². The molecule has 0 aromatic heterocycles. The molecule has 2 nitrogen and oxygen atoms in total. The fraction of sp³-hybridized carbons (Fsp3) is 0.381. The van der Waals surface area contributed by atoms with Crippen molar-refractivity contribution in [2.75, 3.05) is 0 Å². The molecule has 23 heavy (non-hydrogen) atoms. The molecule has 1 fully saturated rings. The van der Waals surface area contributed by atoms with E-state index in [2.05, 4.69) is 71.6 Å². The Kier molecular flexibility index (Phi) is 5.45. The van der Waals surface area contributed by atoms with Crippen LogP contribution in [0.25, 0.3) is 0 Å². The van der Waals surface area contributed by atoms with Gasteiger partial charge in [-0.3, -0.25) is 4.90 Å². The summed E-state index contributed by atoms with van der Waals surface area (Å²) in [6.45, 7) is 1.92. The lowest BCUT2D eigenvalue weighted by atomic mass is 9.97. The molecule has 1 aliphatic rings. The molecule has 0 aliphatic heterocycles. The Morgan fingerprint density at radius 1 is 0.870 bits per heavy atom. The highest BCUT2D eigenvalue weighted by Gasteiger charge is 2.31. The second-order valence-corrected chi connectivity index (χ2v) is 6.50. The molecule has 0 radical (unpaired) electrons. The van der Waals surface area contributed by atoms with Gasteiger partial charge in [-0.05, 0) is 29.9 Å². The molecular formula is C21H24N2. The normalized spacial score (nSPS) is 20.5. The van der Waals surface area contributed by atoms with E-state index in [0.29, 0.717) is 18.4 Å². The summed E-state index contributed by atoms with van der Waals surface area (Å²) in [5.41, 5.74) is 2.71. The van der Waals surface area contributed by atoms with Crippen LogP contribution in [0.15, 0.2) is 60.7 Å². The molecule has 2 aromatic carbocycles. The highest BCUT2D eigenvalue weighted by molar-refractivity contribution is 5.17. The summed E-state index contributed by atoms with van der Waals surface area (Å²) in [6, 6.07) is 24.3. The Labute approximate surface area is 139 Å². The number of nitrogens with zero attached hydrogens (tertiary/aromatic N) is 2. The number of benzene rings is 2. The van der Waals surface area contributed by atoms with Crippen molar-refractivity contribution in [2.24, 2.45) is 5.92 Å². The quantitative estimate of drug-likeness (QED) is 0.768. The summed E-state index contributed by atoms with van der Waals surface area (Å²) in [5, 5.41) is 9.14. The van der Waals surface area contributed by atoms with Gasteiger partial charge in [0, 0.05) is 25.6 Å². The third-order valence-corrected chi connectivity index (χ3v) is 4.90. The largest absolute Gasteiger partial charge is 0.292 e. The molecule has 0 bridgehead atoms. The Morgan fingerprint density at radius 2 is 1.43 bits per heavy atom. The lowest BCUT2D eigenvalue weighted by Crippen LogP contribution is -2.36. The van der Waals surface area contributed by atoms with E-state index in [1.54, 1.807) is 0 Å². The third-order valence-electron chi connectivity index (χ3n) is 4.90. The van der Waals surface area contributed by atoms with E-state index < -0.39 is 0 Å². The van der Waals surface area contributed by atoms with Crippen molar-refractivity contribution in [2.45, 2.75) is 44.8 Å². The molecule has 0 heterocycles. The summed E-state index contributed by atoms with van der Waals surface area (Å²) in [6.07, 6.45) is 4.34. The minimum Gasteiger partial charge on any atom is -0.292 e. The SMILES string of the molecule is N#CC[C@@H]1CCC[C@H]1N(Cc1ccccc1)Cc1ccccc1. The van der Waals surface area contributed by atoms with Gasteiger partial charge in [-0.1, -0.05) is 67.1 Å². The van der Waals surface area contributed by atoms with Crippen LogP contribution in [0.4, 0.5) is 0 Å². The Balaban J connectivity index is 1.79. The highest BCUT2D eigenvalue weighted by Crippen LogP contribution is 2.33. The molecule has 2 heteroatoms. The number of hydrogen-bond acceptors (Lipinski definition) is 2. The molecule has 1 aliphatic carbocycles. The van der Waals surface area contributed by atoms with E-state index >= 15 is 0 Å². The van der Waals surface area contributed by atoms with E-state index in [9.17, 15) is 0 Å². The van der Waals surface area contributed by atoms with Crippen LogP contribution < -0.4 is 0 Å². The standard InChI is InChI=1S/C21H24N2/c22-15-14-20-12-7-13-21(20)23(16-18-8-3-1-4-9-18)17-19-10-5-2-6-11-19/h1-6,8-11,20-21H,7,12-14,16-17H2/t20-,21+/m0/s1. The maximum atomic E-state index is 9.14. The minimum atomic E-state index is 0.521. The van der Waals surface area contributed by atoms with Gasteiger partial charge in [-0.2, -0.15) is 5.26 Å². The molecule has 0 saturated heterocycles. The van der Waals surface area contributed by atoms with Crippen LogP contribution in [0.2, 0.25) is 0 Å². The first kappa shape index (κ1) is 15.8. The molecule has 0 spiro atoms. The maximum absolute atomic E-state index is 9.14. The van der Waals surface area contributed by atoms with E-state index in [0.717, 1.165) is 13.1 Å². The van der Waals surface area contributed by atoms with Gasteiger partial charge < -0.3 is 0 Å². The van der Waals surface area contributed by atoms with Gasteiger partial charge in [-0.15, -0.1) is 0 Å². The molecule has 1 saturated carbocycles. The van der Waals surface area contributed by atoms with E-state index in [1.807, 2.05) is 0 Å². The van der Waals surface area contributed by atoms with Crippen LogP contribution in [0.5, 0.6) is 0 Å². The molecular weight excluding hydrogens is 280 g/mol. The average molecular weight is 304 g/mol. The lowest BCUT2D eigenvalue weighted by Gasteiger charge is -2.32. The van der Waals surface area contributed by atoms with E-state index in [4.69, 9.17) is 5.26 Å². The number of rotatable bonds is 6. The van der Waals surface area contributed by atoms with Crippen molar-refractivity contribution in [1.29, 1.82) is 5.26 Å². The predicted molar refractivity (Wildman–Crippen MR) is 93.5 cm³/mol. The summed E-state index contributed by atoms with van der Waals surface area (Å²) >= 11 is 0. The van der Waals surface area contributed by atoms with Gasteiger partial charge in [0.25, 0.3) is 0 Å². The summed E-state index contributed by atoms with van der Waals surface area (Å²) in [5.74, 6) is 0.521. The van der Waals surface area contributed by atoms with Crippen molar-refractivity contribution in [3.05, 3.63) is 71.8 Å². The second-order valence-electron chi connectivity index (χ2n) is 6.50. The summed E-state index contributed by atoms with van der Waals surface area (Å²) in [7, 11) is 0. The van der Waals surface area contributed by atoms with Crippen LogP contribution in [-0.2, 0) is 13.1 Å². The second kappa shape index (κ2) is 7.94. The van der Waals surface area contributed by atoms with Crippen molar-refractivity contribution < 1.29 is 0 Å². The van der Waals surface area contributed by atoms with Crippen LogP contribution in [0, 0.1) is 17.2 Å². The van der Waals surface area contributed by atoms with Crippen LogP contribution in [0.3, 0.4) is 0 Å². The fourth-order valence-corrected chi connectivity index (χ4v) is 3.78. The van der Waals surface area contributed by atoms with Crippen molar-refractivity contribution in [1.82, 2.24) is 4.90 Å². The minimum absolute atomic E-state index is 0.521. The van der Waals surface area contributed by atoms with Gasteiger partial charge in [0.1, 0.15) is 0 Å². The molecule has 0 amide bonds. The summed E-state index contributed by atoms with van der Waals surface area (Å²) in [4.78, 5) is 2.58. The average Bonchev–Trinajstić information content (AvgIpc) is 3.05. The van der Waals surface area contributed by atoms with Gasteiger partial charge >= 0.3 is 0 Å². The number of nitriles is 1. The Bertz CT molecular complexity index is 588. The zero-order valence-corrected chi connectivity index (χ0v) is 13.6. The topological polar surface area (TPSA) is 27.0 Å². The number of hydrogen-bond donors (Lipinski definition) is 0. The van der Waals surface area contributed by atoms with Gasteiger partial charge in [0.15, 0.2) is 0 Å². The molecule has 2 atom stereocenters. The monoisotopic (exact) mass is 304 g/mol. The Morgan fingerprint density at radius 3 is 1.96 bits per heavy atom. The van der Waals surface area contributed by atoms with Crippen LogP contribution >= 0.6 is 0 Å². The third kappa shape index (κ3) is 4.21. The molecule has 0 N–H and O–H groups in total. The van der Waals surface area contributed by atoms with Crippen molar-refractivity contribution in [3.8, 4) is 6.07 Å². The molecule has 3 rings (SSSR count). The van der Waals surface area contributed by atoms with E-state index in [1.165, 1.54) is 30.4 Å². The smallest absolute Gasteiger partial charge is 0.0625 e. The maximum Gasteiger partial charge on any atom is 0.0625 e. The van der Waals surface area contributed by atoms with E-state index in [-0.39, 0.29) is 0 Å². The zero-order valence-electron chi connectivity index (χ0n) is 13.6. The van der Waals surface area contributed by atoms with Gasteiger partial charge in [0.05, 0.1) is 6.07 Å². The van der Waals surface area contributed by atoms with Crippen molar-refractivity contribution >= 4 is 0 Å². The fourth-order valence-electron chi connectivity index (χ4n) is 3.78. The highest BCUT2D eigenvalue weighted by atomic mass is 15.2. The molecule has 118 valence electrons. The first-order valence-corrected chi connectivity index (χ1v) is 8.55. The zero-order chi connectivity index (χ0) is 15.9. The summed E-state index contributed by atoms with van der Waals surface area (Å²) < 4.78 is 0. The first-order valence-electron chi connectivity index (χ1n) is 8.55. The van der Waals surface area contributed by atoms with Crippen molar-refractivity contribution in [3.63, 3.8) is 0 Å². The lowest BCUT2D eigenvalue weighted by molar-refractivity contribution is 0.144. The van der Waals surface area contributed by atoms with Gasteiger partial charge in [-0.25, -0.2) is 0 Å². The molecule has 0 unspecified atom stereocenters. The Hall–Kier alpha value is -2.11. The first-order chi connectivity index (χ1) is 11.4.